The molecule has 0 radical (unpaired) electrons. The summed E-state index contributed by atoms with van der Waals surface area (Å²) >= 11 is 1.79. The van der Waals surface area contributed by atoms with Gasteiger partial charge in [-0.1, -0.05) is 86.6 Å². The number of hydrogen-bond donors (Lipinski definition) is 0. The summed E-state index contributed by atoms with van der Waals surface area (Å²) in [5, 5.41) is 10.1. The van der Waals surface area contributed by atoms with Gasteiger partial charge in [-0.2, -0.15) is 5.10 Å². The fourth-order valence-corrected chi connectivity index (χ4v) is 4.55. The number of hydrazone groups is 1. The second-order valence-corrected chi connectivity index (χ2v) is 8.85. The number of benzene rings is 3. The molecule has 0 unspecified atom stereocenters. The minimum atomic E-state index is -0.0207. The Morgan fingerprint density at radius 3 is 2.34 bits per heavy atom. The van der Waals surface area contributed by atoms with Crippen LogP contribution in [0.25, 0.3) is 10.1 Å². The fourth-order valence-electron chi connectivity index (χ4n) is 3.64. The van der Waals surface area contributed by atoms with Gasteiger partial charge in [0.1, 0.15) is 0 Å². The van der Waals surface area contributed by atoms with Crippen molar-refractivity contribution >= 4 is 27.6 Å². The highest BCUT2D eigenvalue weighted by molar-refractivity contribution is 7.17. The van der Waals surface area contributed by atoms with Gasteiger partial charge in [-0.15, -0.1) is 11.3 Å². The van der Waals surface area contributed by atoms with Gasteiger partial charge < -0.3 is 0 Å². The quantitative estimate of drug-likeness (QED) is 0.261. The Kier molecular flexibility index (Phi) is 5.50. The van der Waals surface area contributed by atoms with Crippen molar-refractivity contribution in [3.8, 4) is 0 Å². The molecule has 0 aliphatic rings. The number of nitrogens with zero attached hydrogens (tertiary/aromatic N) is 2. The third-order valence-corrected chi connectivity index (χ3v) is 6.50. The third-order valence-electron chi connectivity index (χ3n) is 5.49. The van der Waals surface area contributed by atoms with Gasteiger partial charge in [0.15, 0.2) is 0 Å². The molecule has 4 rings (SSSR count). The van der Waals surface area contributed by atoms with Crippen LogP contribution in [0, 0.1) is 0 Å². The second-order valence-electron chi connectivity index (χ2n) is 7.93. The van der Waals surface area contributed by atoms with Crippen LogP contribution in [0.4, 0.5) is 0 Å². The molecule has 0 aliphatic heterocycles. The van der Waals surface area contributed by atoms with Crippen LogP contribution in [-0.4, -0.2) is 18.3 Å². The predicted molar refractivity (Wildman–Crippen MR) is 126 cm³/mol. The highest BCUT2D eigenvalue weighted by Crippen LogP contribution is 2.31. The minimum Gasteiger partial charge on any atom is -0.296 e. The fraction of sp³-hybridized carbons (Fsp3) is 0.192. The van der Waals surface area contributed by atoms with E-state index in [0.717, 1.165) is 12.1 Å². The van der Waals surface area contributed by atoms with E-state index in [1.165, 1.54) is 26.8 Å². The first-order valence-corrected chi connectivity index (χ1v) is 10.8. The molecular formula is C26H26N2S. The summed E-state index contributed by atoms with van der Waals surface area (Å²) in [5.41, 5.74) is 5.03. The summed E-state index contributed by atoms with van der Waals surface area (Å²) in [4.78, 5) is 0. The van der Waals surface area contributed by atoms with E-state index in [0.29, 0.717) is 0 Å². The number of rotatable bonds is 6. The molecule has 1 heterocycles. The normalized spacial score (nSPS) is 12.0. The van der Waals surface area contributed by atoms with Crippen LogP contribution in [0.1, 0.15) is 36.1 Å². The van der Waals surface area contributed by atoms with E-state index in [1.807, 2.05) is 18.3 Å². The summed E-state index contributed by atoms with van der Waals surface area (Å²) in [6.45, 7) is 5.34. The molecule has 0 fully saturated rings. The molecule has 0 saturated heterocycles. The van der Waals surface area contributed by atoms with Crippen molar-refractivity contribution in [2.24, 2.45) is 5.10 Å². The van der Waals surface area contributed by atoms with Crippen molar-refractivity contribution in [1.82, 2.24) is 5.01 Å². The first-order valence-electron chi connectivity index (χ1n) is 9.90. The van der Waals surface area contributed by atoms with Gasteiger partial charge in [-0.3, -0.25) is 5.01 Å². The smallest absolute Gasteiger partial charge is 0.0621 e. The van der Waals surface area contributed by atoms with Crippen molar-refractivity contribution in [2.75, 3.05) is 7.05 Å². The standard InChI is InChI=1S/C26H26N2S/c1-26(2,23-10-5-4-6-11-23)24-14-12-20(13-15-24)18-27-28(3)19-22-9-7-8-21-16-17-29-25(21)22/h4-18H,19H2,1-3H3/b27-18-. The molecule has 0 aliphatic carbocycles. The van der Waals surface area contributed by atoms with Crippen LogP contribution in [-0.2, 0) is 12.0 Å². The van der Waals surface area contributed by atoms with Gasteiger partial charge in [-0.05, 0) is 39.1 Å². The lowest BCUT2D eigenvalue weighted by Crippen LogP contribution is -2.18. The molecule has 0 N–H and O–H groups in total. The number of thiophene rings is 1. The van der Waals surface area contributed by atoms with Crippen molar-refractivity contribution in [3.05, 3.63) is 106 Å². The molecule has 3 heteroatoms. The zero-order valence-electron chi connectivity index (χ0n) is 17.2. The molecule has 2 nitrogen and oxygen atoms in total. The molecule has 3 aromatic carbocycles. The van der Waals surface area contributed by atoms with Gasteiger partial charge >= 0.3 is 0 Å². The van der Waals surface area contributed by atoms with E-state index in [-0.39, 0.29) is 5.41 Å². The van der Waals surface area contributed by atoms with Gasteiger partial charge in [0.05, 0.1) is 12.8 Å². The number of fused-ring (bicyclic) bond motifs is 1. The van der Waals surface area contributed by atoms with E-state index in [2.05, 4.69) is 103 Å². The summed E-state index contributed by atoms with van der Waals surface area (Å²) in [6.07, 6.45) is 1.94. The van der Waals surface area contributed by atoms with Gasteiger partial charge in [0.2, 0.25) is 0 Å². The van der Waals surface area contributed by atoms with Crippen LogP contribution in [0.5, 0.6) is 0 Å². The zero-order chi connectivity index (χ0) is 20.3. The maximum absolute atomic E-state index is 4.64. The Balaban J connectivity index is 1.45. The first kappa shape index (κ1) is 19.4. The largest absolute Gasteiger partial charge is 0.296 e. The van der Waals surface area contributed by atoms with Crippen LogP contribution >= 0.6 is 11.3 Å². The molecule has 1 aromatic heterocycles. The van der Waals surface area contributed by atoms with E-state index in [4.69, 9.17) is 0 Å². The average molecular weight is 399 g/mol. The van der Waals surface area contributed by atoms with E-state index < -0.39 is 0 Å². The SMILES string of the molecule is CN(Cc1cccc2ccsc12)/N=C\c1ccc(C(C)(C)c2ccccc2)cc1. The van der Waals surface area contributed by atoms with Gasteiger partial charge in [-0.25, -0.2) is 0 Å². The maximum Gasteiger partial charge on any atom is 0.0621 e. The molecule has 0 spiro atoms. The van der Waals surface area contributed by atoms with Crippen LogP contribution in [0.15, 0.2) is 89.3 Å². The van der Waals surface area contributed by atoms with Crippen molar-refractivity contribution in [2.45, 2.75) is 25.8 Å². The summed E-state index contributed by atoms with van der Waals surface area (Å²) in [6, 6.07) is 28.0. The highest BCUT2D eigenvalue weighted by Gasteiger charge is 2.22. The lowest BCUT2D eigenvalue weighted by atomic mass is 9.78. The van der Waals surface area contributed by atoms with Crippen LogP contribution < -0.4 is 0 Å². The van der Waals surface area contributed by atoms with E-state index in [9.17, 15) is 0 Å². The van der Waals surface area contributed by atoms with Gasteiger partial charge in [0, 0.05) is 17.2 Å². The van der Waals surface area contributed by atoms with Crippen molar-refractivity contribution in [1.29, 1.82) is 0 Å². The molecule has 0 saturated carbocycles. The molecule has 0 atom stereocenters. The monoisotopic (exact) mass is 398 g/mol. The topological polar surface area (TPSA) is 15.6 Å². The Hall–Kier alpha value is -2.91. The molecule has 0 amide bonds. The molecule has 0 bridgehead atoms. The summed E-state index contributed by atoms with van der Waals surface area (Å²) in [7, 11) is 2.02. The Bertz CT molecular complexity index is 1110. The average Bonchev–Trinajstić information content (AvgIpc) is 3.23. The number of hydrogen-bond acceptors (Lipinski definition) is 3. The lowest BCUT2D eigenvalue weighted by Gasteiger charge is -2.26. The van der Waals surface area contributed by atoms with Crippen LogP contribution in [0.3, 0.4) is 0 Å². The molecule has 146 valence electrons. The second kappa shape index (κ2) is 8.22. The third kappa shape index (κ3) is 4.25. The Morgan fingerprint density at radius 2 is 1.59 bits per heavy atom. The Labute approximate surface area is 177 Å². The lowest BCUT2D eigenvalue weighted by molar-refractivity contribution is 0.350. The molecular weight excluding hydrogens is 372 g/mol. The predicted octanol–water partition coefficient (Wildman–Crippen LogP) is 6.69. The summed E-state index contributed by atoms with van der Waals surface area (Å²) in [5.74, 6) is 0. The van der Waals surface area contributed by atoms with E-state index >= 15 is 0 Å². The molecule has 29 heavy (non-hydrogen) atoms. The zero-order valence-corrected chi connectivity index (χ0v) is 18.0. The van der Waals surface area contributed by atoms with E-state index in [1.54, 1.807) is 11.3 Å². The molecule has 4 aromatic rings. The van der Waals surface area contributed by atoms with Crippen LogP contribution in [0.2, 0.25) is 0 Å². The first-order chi connectivity index (χ1) is 14.0. The van der Waals surface area contributed by atoms with Crippen molar-refractivity contribution < 1.29 is 0 Å². The minimum absolute atomic E-state index is 0.0207. The summed E-state index contributed by atoms with van der Waals surface area (Å²) < 4.78 is 1.35. The van der Waals surface area contributed by atoms with Gasteiger partial charge in [0.25, 0.3) is 0 Å². The van der Waals surface area contributed by atoms with Crippen molar-refractivity contribution in [3.63, 3.8) is 0 Å². The highest BCUT2D eigenvalue weighted by atomic mass is 32.1. The maximum atomic E-state index is 4.64. The Morgan fingerprint density at radius 1 is 0.862 bits per heavy atom.